The minimum atomic E-state index is -4.22. The fourth-order valence-electron chi connectivity index (χ4n) is 1.12. The molecule has 1 atom stereocenters. The van der Waals surface area contributed by atoms with Crippen LogP contribution in [0.3, 0.4) is 0 Å². The van der Waals surface area contributed by atoms with Gasteiger partial charge in [0.2, 0.25) is 15.0 Å². The summed E-state index contributed by atoms with van der Waals surface area (Å²) < 4.78 is 20.7. The summed E-state index contributed by atoms with van der Waals surface area (Å²) in [4.78, 5) is 22.8. The molecule has 0 aliphatic rings. The standard InChI is InChI=1S/C8H10ClN3O4S2/c1-8(7(10)14,18(9,15)16)3-2-5(13)6-12-11-4-17-6/h4H,2-3H2,1H3,(H2,10,14). The first-order valence-electron chi connectivity index (χ1n) is 4.72. The van der Waals surface area contributed by atoms with Gasteiger partial charge in [0.05, 0.1) is 0 Å². The molecule has 0 aromatic carbocycles. The Morgan fingerprint density at radius 3 is 2.56 bits per heavy atom. The Morgan fingerprint density at radius 1 is 1.56 bits per heavy atom. The topological polar surface area (TPSA) is 120 Å². The number of rotatable bonds is 6. The van der Waals surface area contributed by atoms with Crippen LogP contribution in [0.4, 0.5) is 0 Å². The van der Waals surface area contributed by atoms with E-state index in [2.05, 4.69) is 10.2 Å². The third-order valence-electron chi connectivity index (χ3n) is 2.49. The zero-order valence-electron chi connectivity index (χ0n) is 9.29. The number of hydrogen-bond donors (Lipinski definition) is 1. The number of primary amides is 1. The third-order valence-corrected chi connectivity index (χ3v) is 5.72. The van der Waals surface area contributed by atoms with E-state index in [4.69, 9.17) is 16.4 Å². The molecule has 18 heavy (non-hydrogen) atoms. The second-order valence-corrected chi connectivity index (χ2v) is 7.53. The lowest BCUT2D eigenvalue weighted by molar-refractivity contribution is -0.120. The summed E-state index contributed by atoms with van der Waals surface area (Å²) in [6, 6.07) is 0. The van der Waals surface area contributed by atoms with Crippen LogP contribution in [0.25, 0.3) is 0 Å². The van der Waals surface area contributed by atoms with Crippen molar-refractivity contribution in [3.63, 3.8) is 0 Å². The van der Waals surface area contributed by atoms with Crippen molar-refractivity contribution in [2.45, 2.75) is 24.5 Å². The number of carbonyl (C=O) groups is 2. The van der Waals surface area contributed by atoms with Crippen LogP contribution in [-0.2, 0) is 13.8 Å². The molecule has 7 nitrogen and oxygen atoms in total. The van der Waals surface area contributed by atoms with E-state index in [9.17, 15) is 18.0 Å². The molecule has 2 N–H and O–H groups in total. The summed E-state index contributed by atoms with van der Waals surface area (Å²) in [5.41, 5.74) is 6.40. The summed E-state index contributed by atoms with van der Waals surface area (Å²) >= 11 is 1.03. The van der Waals surface area contributed by atoms with E-state index in [1.807, 2.05) is 0 Å². The van der Waals surface area contributed by atoms with Crippen molar-refractivity contribution in [3.8, 4) is 0 Å². The summed E-state index contributed by atoms with van der Waals surface area (Å²) in [7, 11) is 0.963. The van der Waals surface area contributed by atoms with Gasteiger partial charge in [-0.1, -0.05) is 11.3 Å². The molecule has 1 aromatic rings. The molecule has 0 spiro atoms. The number of aromatic nitrogens is 2. The van der Waals surface area contributed by atoms with Crippen LogP contribution in [0, 0.1) is 0 Å². The van der Waals surface area contributed by atoms with Gasteiger partial charge in [-0.2, -0.15) is 0 Å². The number of ketones is 1. The number of Topliss-reactive ketones (excluding diaryl/α,β-unsaturated/α-hetero) is 1. The van der Waals surface area contributed by atoms with Crippen LogP contribution in [0.5, 0.6) is 0 Å². The molecule has 0 saturated carbocycles. The zero-order chi connectivity index (χ0) is 14.0. The molecular formula is C8H10ClN3O4S2. The Balaban J connectivity index is 2.83. The first-order chi connectivity index (χ1) is 8.18. The maximum Gasteiger partial charge on any atom is 0.247 e. The molecule has 10 heteroatoms. The Bertz CT molecular complexity index is 557. The molecule has 0 bridgehead atoms. The van der Waals surface area contributed by atoms with Crippen LogP contribution < -0.4 is 5.73 Å². The predicted octanol–water partition coefficient (Wildman–Crippen LogP) is 0.314. The van der Waals surface area contributed by atoms with Gasteiger partial charge in [-0.25, -0.2) is 8.42 Å². The average molecular weight is 312 g/mol. The van der Waals surface area contributed by atoms with E-state index in [-0.39, 0.29) is 17.8 Å². The maximum atomic E-state index is 11.6. The van der Waals surface area contributed by atoms with Crippen molar-refractivity contribution in [1.82, 2.24) is 10.2 Å². The molecule has 0 aliphatic heterocycles. The highest BCUT2D eigenvalue weighted by molar-refractivity contribution is 8.15. The highest BCUT2D eigenvalue weighted by Gasteiger charge is 2.44. The second-order valence-electron chi connectivity index (χ2n) is 3.70. The minimum Gasteiger partial charge on any atom is -0.368 e. The SMILES string of the molecule is CC(CCC(=O)c1nncs1)(C(N)=O)S(=O)(=O)Cl. The summed E-state index contributed by atoms with van der Waals surface area (Å²) in [5.74, 6) is -1.51. The van der Waals surface area contributed by atoms with E-state index < -0.39 is 25.5 Å². The van der Waals surface area contributed by atoms with Gasteiger partial charge >= 0.3 is 0 Å². The summed E-state index contributed by atoms with van der Waals surface area (Å²) in [6.45, 7) is 1.09. The number of halogens is 1. The van der Waals surface area contributed by atoms with E-state index in [1.165, 1.54) is 5.51 Å². The van der Waals surface area contributed by atoms with Crippen molar-refractivity contribution in [2.24, 2.45) is 5.73 Å². The van der Waals surface area contributed by atoms with E-state index in [0.29, 0.717) is 0 Å². The fourth-order valence-corrected chi connectivity index (χ4v) is 2.69. The molecule has 0 fully saturated rings. The molecule has 0 aliphatic carbocycles. The largest absolute Gasteiger partial charge is 0.368 e. The highest BCUT2D eigenvalue weighted by atomic mass is 35.7. The smallest absolute Gasteiger partial charge is 0.247 e. The molecule has 1 heterocycles. The third kappa shape index (κ3) is 3.03. The summed E-state index contributed by atoms with van der Waals surface area (Å²) in [6.07, 6.45) is -0.507. The fraction of sp³-hybridized carbons (Fsp3) is 0.500. The van der Waals surface area contributed by atoms with Crippen LogP contribution in [0.15, 0.2) is 5.51 Å². The molecule has 1 amide bonds. The van der Waals surface area contributed by atoms with Crippen molar-refractivity contribution < 1.29 is 18.0 Å². The zero-order valence-corrected chi connectivity index (χ0v) is 11.7. The molecule has 100 valence electrons. The van der Waals surface area contributed by atoms with Gasteiger partial charge in [-0.3, -0.25) is 9.59 Å². The van der Waals surface area contributed by atoms with Gasteiger partial charge in [0, 0.05) is 17.1 Å². The normalized spacial score (nSPS) is 15.0. The molecule has 1 rings (SSSR count). The Morgan fingerprint density at radius 2 is 2.17 bits per heavy atom. The first-order valence-corrected chi connectivity index (χ1v) is 7.91. The van der Waals surface area contributed by atoms with E-state index in [0.717, 1.165) is 18.3 Å². The number of nitrogens with zero attached hydrogens (tertiary/aromatic N) is 2. The Hall–Kier alpha value is -1.06. The molecule has 0 saturated heterocycles. The lowest BCUT2D eigenvalue weighted by atomic mass is 10.0. The van der Waals surface area contributed by atoms with Crippen LogP contribution in [0.2, 0.25) is 0 Å². The molecule has 1 aromatic heterocycles. The summed E-state index contributed by atoms with van der Waals surface area (Å²) in [5, 5.41) is 7.17. The highest BCUT2D eigenvalue weighted by Crippen LogP contribution is 2.27. The number of carbonyl (C=O) groups excluding carboxylic acids is 2. The van der Waals surface area contributed by atoms with Crippen molar-refractivity contribution >= 4 is 42.8 Å². The predicted molar refractivity (Wildman–Crippen MR) is 65.8 cm³/mol. The second kappa shape index (κ2) is 5.29. The van der Waals surface area contributed by atoms with Crippen molar-refractivity contribution in [2.75, 3.05) is 0 Å². The Kier molecular flexibility index (Phi) is 4.41. The van der Waals surface area contributed by atoms with Gasteiger partial charge in [-0.15, -0.1) is 10.2 Å². The molecule has 1 unspecified atom stereocenters. The van der Waals surface area contributed by atoms with Crippen molar-refractivity contribution in [1.29, 1.82) is 0 Å². The lowest BCUT2D eigenvalue weighted by Gasteiger charge is -2.21. The van der Waals surface area contributed by atoms with Gasteiger partial charge in [-0.05, 0) is 13.3 Å². The quantitative estimate of drug-likeness (QED) is 0.596. The maximum absolute atomic E-state index is 11.6. The Labute approximate surface area is 112 Å². The minimum absolute atomic E-state index is 0.147. The van der Waals surface area contributed by atoms with Crippen LogP contribution >= 0.6 is 22.0 Å². The number of hydrogen-bond acceptors (Lipinski definition) is 7. The van der Waals surface area contributed by atoms with Crippen LogP contribution in [-0.4, -0.2) is 35.1 Å². The monoisotopic (exact) mass is 311 g/mol. The van der Waals surface area contributed by atoms with Gasteiger partial charge < -0.3 is 5.73 Å². The molecular weight excluding hydrogens is 302 g/mol. The lowest BCUT2D eigenvalue weighted by Crippen LogP contribution is -2.46. The van der Waals surface area contributed by atoms with Gasteiger partial charge in [0.15, 0.2) is 15.5 Å². The van der Waals surface area contributed by atoms with Crippen molar-refractivity contribution in [3.05, 3.63) is 10.5 Å². The molecule has 0 radical (unpaired) electrons. The van der Waals surface area contributed by atoms with Gasteiger partial charge in [0.1, 0.15) is 5.51 Å². The first kappa shape index (κ1) is 15.0. The van der Waals surface area contributed by atoms with Crippen LogP contribution in [0.1, 0.15) is 29.6 Å². The number of amides is 1. The van der Waals surface area contributed by atoms with Gasteiger partial charge in [0.25, 0.3) is 0 Å². The average Bonchev–Trinajstić information content (AvgIpc) is 2.76. The van der Waals surface area contributed by atoms with E-state index in [1.54, 1.807) is 0 Å². The van der Waals surface area contributed by atoms with E-state index >= 15 is 0 Å². The number of nitrogens with two attached hydrogens (primary N) is 1.